The van der Waals surface area contributed by atoms with Gasteiger partial charge in [-0.3, -0.25) is 4.79 Å². The molecule has 38 heavy (non-hydrogen) atoms. The van der Waals surface area contributed by atoms with Crippen molar-refractivity contribution in [2.45, 2.75) is 33.7 Å². The lowest BCUT2D eigenvalue weighted by atomic mass is 10.2. The molecule has 4 aromatic heterocycles. The number of nitrogens with one attached hydrogen (secondary N) is 1. The van der Waals surface area contributed by atoms with Crippen LogP contribution in [0.2, 0.25) is 0 Å². The van der Waals surface area contributed by atoms with Crippen LogP contribution in [0.4, 0.5) is 21.8 Å². The molecule has 0 aliphatic carbocycles. The zero-order chi connectivity index (χ0) is 27.0. The first-order valence-corrected chi connectivity index (χ1v) is 12.5. The summed E-state index contributed by atoms with van der Waals surface area (Å²) in [5.41, 5.74) is 2.57. The molecule has 0 bridgehead atoms. The summed E-state index contributed by atoms with van der Waals surface area (Å²) in [7, 11) is 1.51. The van der Waals surface area contributed by atoms with Gasteiger partial charge in [-0.25, -0.2) is 29.3 Å². The second-order valence-corrected chi connectivity index (χ2v) is 9.32. The molecule has 1 N–H and O–H groups in total. The average molecular weight is 520 g/mol. The Labute approximate surface area is 219 Å². The number of anilines is 3. The highest BCUT2D eigenvalue weighted by molar-refractivity contribution is 5.85. The minimum atomic E-state index is -0.615. The zero-order valence-electron chi connectivity index (χ0n) is 22.1. The fourth-order valence-electron chi connectivity index (χ4n) is 4.73. The molecule has 1 saturated heterocycles. The van der Waals surface area contributed by atoms with Crippen LogP contribution in [0.25, 0.3) is 22.4 Å². The molecular formula is C26H30FN9O2. The number of fused-ring (bicyclic) bond motifs is 1. The largest absolute Gasteiger partial charge is 0.479 e. The number of methoxy groups -OCH3 is 1. The van der Waals surface area contributed by atoms with Crippen molar-refractivity contribution < 1.29 is 13.9 Å². The number of halogens is 1. The van der Waals surface area contributed by atoms with Crippen LogP contribution in [-0.2, 0) is 4.79 Å². The number of pyridine rings is 2. The van der Waals surface area contributed by atoms with Crippen molar-refractivity contribution in [2.24, 2.45) is 0 Å². The Kier molecular flexibility index (Phi) is 6.79. The normalized spacial score (nSPS) is 14.0. The van der Waals surface area contributed by atoms with Crippen molar-refractivity contribution in [3.05, 3.63) is 42.2 Å². The lowest BCUT2D eigenvalue weighted by Gasteiger charge is -2.34. The van der Waals surface area contributed by atoms with Gasteiger partial charge in [0.25, 0.3) is 0 Å². The molecule has 1 amide bonds. The fourth-order valence-corrected chi connectivity index (χ4v) is 4.73. The van der Waals surface area contributed by atoms with E-state index in [1.54, 1.807) is 18.3 Å². The number of hydrogen-bond donors (Lipinski definition) is 1. The highest BCUT2D eigenvalue weighted by Gasteiger charge is 2.23. The predicted molar refractivity (Wildman–Crippen MR) is 142 cm³/mol. The molecule has 0 aromatic carbocycles. The minimum absolute atomic E-state index is 0.0285. The minimum Gasteiger partial charge on any atom is -0.479 e. The van der Waals surface area contributed by atoms with Crippen LogP contribution in [0.5, 0.6) is 5.88 Å². The van der Waals surface area contributed by atoms with Gasteiger partial charge in [0.2, 0.25) is 17.7 Å². The zero-order valence-corrected chi connectivity index (χ0v) is 22.1. The van der Waals surface area contributed by atoms with Crippen molar-refractivity contribution in [3.8, 4) is 17.3 Å². The molecule has 12 heteroatoms. The van der Waals surface area contributed by atoms with Crippen LogP contribution < -0.4 is 15.0 Å². The number of aromatic nitrogens is 6. The number of carbonyl (C=O) groups is 1. The summed E-state index contributed by atoms with van der Waals surface area (Å²) >= 11 is 0. The number of ether oxygens (including phenoxy) is 1. The molecule has 5 heterocycles. The van der Waals surface area contributed by atoms with E-state index in [0.29, 0.717) is 42.5 Å². The molecule has 11 nitrogen and oxygen atoms in total. The monoisotopic (exact) mass is 519 g/mol. The predicted octanol–water partition coefficient (Wildman–Crippen LogP) is 3.73. The van der Waals surface area contributed by atoms with Crippen molar-refractivity contribution in [2.75, 3.05) is 43.5 Å². The van der Waals surface area contributed by atoms with Crippen molar-refractivity contribution in [3.63, 3.8) is 0 Å². The molecule has 0 atom stereocenters. The van der Waals surface area contributed by atoms with E-state index >= 15 is 0 Å². The summed E-state index contributed by atoms with van der Waals surface area (Å²) in [6.07, 6.45) is 2.79. The molecule has 0 unspecified atom stereocenters. The molecule has 4 aromatic rings. The van der Waals surface area contributed by atoms with Crippen LogP contribution in [0.3, 0.4) is 0 Å². The molecule has 0 saturated carbocycles. The summed E-state index contributed by atoms with van der Waals surface area (Å²) in [5.74, 6) is 1.24. The van der Waals surface area contributed by atoms with Gasteiger partial charge in [-0.05, 0) is 45.9 Å². The SMILES string of the molecule is CCN1CCN(c2ccc(Nc3ncc(F)c(-c4cc5c(nc(C)n5C(C)C)c(OC)n4)n3)nc2)CC1=O. The summed E-state index contributed by atoms with van der Waals surface area (Å²) in [5, 5.41) is 3.03. The molecule has 0 radical (unpaired) electrons. The number of rotatable bonds is 7. The molecule has 1 aliphatic rings. The van der Waals surface area contributed by atoms with Crippen LogP contribution in [0, 0.1) is 12.7 Å². The van der Waals surface area contributed by atoms with Gasteiger partial charge in [0.1, 0.15) is 17.3 Å². The van der Waals surface area contributed by atoms with Gasteiger partial charge in [0.15, 0.2) is 11.3 Å². The Balaban J connectivity index is 1.41. The van der Waals surface area contributed by atoms with Gasteiger partial charge in [-0.2, -0.15) is 0 Å². The van der Waals surface area contributed by atoms with Crippen LogP contribution >= 0.6 is 0 Å². The first-order chi connectivity index (χ1) is 18.3. The van der Waals surface area contributed by atoms with Crippen LogP contribution in [0.1, 0.15) is 32.6 Å². The molecule has 198 valence electrons. The number of nitrogens with zero attached hydrogens (tertiary/aromatic N) is 8. The van der Waals surface area contributed by atoms with Gasteiger partial charge in [0.05, 0.1) is 42.9 Å². The molecule has 1 aliphatic heterocycles. The lowest BCUT2D eigenvalue weighted by Crippen LogP contribution is -2.50. The molecule has 1 fully saturated rings. The van der Waals surface area contributed by atoms with E-state index in [4.69, 9.17) is 4.74 Å². The second-order valence-electron chi connectivity index (χ2n) is 9.32. The number of likely N-dealkylation sites (N-methyl/N-ethyl adjacent to an activating group) is 1. The number of aryl methyl sites for hydroxylation is 1. The van der Waals surface area contributed by atoms with Crippen molar-refractivity contribution >= 4 is 34.4 Å². The lowest BCUT2D eigenvalue weighted by molar-refractivity contribution is -0.130. The summed E-state index contributed by atoms with van der Waals surface area (Å²) in [4.78, 5) is 38.1. The van der Waals surface area contributed by atoms with Gasteiger partial charge in [-0.1, -0.05) is 0 Å². The topological polar surface area (TPSA) is 114 Å². The highest BCUT2D eigenvalue weighted by Crippen LogP contribution is 2.32. The third-order valence-corrected chi connectivity index (χ3v) is 6.57. The molecular weight excluding hydrogens is 489 g/mol. The van der Waals surface area contributed by atoms with E-state index in [1.807, 2.05) is 34.3 Å². The maximum atomic E-state index is 14.9. The maximum Gasteiger partial charge on any atom is 0.242 e. The van der Waals surface area contributed by atoms with Gasteiger partial charge in [0, 0.05) is 25.7 Å². The summed E-state index contributed by atoms with van der Waals surface area (Å²) in [6, 6.07) is 5.55. The number of amides is 1. The smallest absolute Gasteiger partial charge is 0.242 e. The molecule has 0 spiro atoms. The van der Waals surface area contributed by atoms with Gasteiger partial charge >= 0.3 is 0 Å². The van der Waals surface area contributed by atoms with E-state index in [9.17, 15) is 9.18 Å². The van der Waals surface area contributed by atoms with E-state index in [-0.39, 0.29) is 23.6 Å². The van der Waals surface area contributed by atoms with E-state index in [0.717, 1.165) is 29.8 Å². The first kappa shape index (κ1) is 25.3. The highest BCUT2D eigenvalue weighted by atomic mass is 19.1. The number of carbonyl (C=O) groups excluding carboxylic acids is 1. The quantitative estimate of drug-likeness (QED) is 0.390. The first-order valence-electron chi connectivity index (χ1n) is 12.5. The summed E-state index contributed by atoms with van der Waals surface area (Å²) < 4.78 is 22.5. The number of piperazine rings is 1. The standard InChI is InChI=1S/C26H30FN9O2/c1-6-34-9-10-35(14-22(34)37)17-7-8-21(28-12-17)32-26-29-13-18(27)23(33-26)19-11-20-24(25(31-19)38-5)30-16(4)36(20)15(2)3/h7-8,11-13,15H,6,9-10,14H2,1-5H3,(H,28,29,32,33). The van der Waals surface area contributed by atoms with E-state index < -0.39 is 5.82 Å². The molecule has 5 rings (SSSR count). The number of imidazole rings is 1. The number of hydrogen-bond acceptors (Lipinski definition) is 9. The van der Waals surface area contributed by atoms with Crippen LogP contribution in [-0.4, -0.2) is 73.6 Å². The van der Waals surface area contributed by atoms with Gasteiger partial charge < -0.3 is 24.4 Å². The van der Waals surface area contributed by atoms with Gasteiger partial charge in [-0.15, -0.1) is 0 Å². The Hall–Kier alpha value is -4.35. The average Bonchev–Trinajstić information content (AvgIpc) is 3.25. The maximum absolute atomic E-state index is 14.9. The Bertz CT molecular complexity index is 1490. The Morgan fingerprint density at radius 1 is 1.13 bits per heavy atom. The Morgan fingerprint density at radius 3 is 2.61 bits per heavy atom. The third-order valence-electron chi connectivity index (χ3n) is 6.57. The van der Waals surface area contributed by atoms with Crippen molar-refractivity contribution in [1.82, 2.24) is 34.4 Å². The second kappa shape index (κ2) is 10.2. The Morgan fingerprint density at radius 2 is 1.95 bits per heavy atom. The fraction of sp³-hybridized carbons (Fsp3) is 0.385. The van der Waals surface area contributed by atoms with E-state index in [2.05, 4.69) is 44.1 Å². The third kappa shape index (κ3) is 4.69. The van der Waals surface area contributed by atoms with E-state index in [1.165, 1.54) is 7.11 Å². The summed E-state index contributed by atoms with van der Waals surface area (Å²) in [6.45, 7) is 10.5. The van der Waals surface area contributed by atoms with Crippen LogP contribution in [0.15, 0.2) is 30.6 Å². The van der Waals surface area contributed by atoms with Crippen molar-refractivity contribution in [1.29, 1.82) is 0 Å².